The number of hydrogen-bond donors (Lipinski definition) is 2. The first-order valence-electron chi connectivity index (χ1n) is 6.15. The Morgan fingerprint density at radius 3 is 1.89 bits per heavy atom. The van der Waals surface area contributed by atoms with Crippen molar-refractivity contribution in [2.75, 3.05) is 0 Å². The topological polar surface area (TPSA) is 57.5 Å². The summed E-state index contributed by atoms with van der Waals surface area (Å²) in [6, 6.07) is 16.4. The van der Waals surface area contributed by atoms with Gasteiger partial charge >= 0.3 is 5.97 Å². The number of aliphatic carboxylic acids is 1. The second-order valence-electron chi connectivity index (χ2n) is 4.54. The van der Waals surface area contributed by atoms with Gasteiger partial charge in [-0.1, -0.05) is 54.6 Å². The van der Waals surface area contributed by atoms with E-state index in [0.29, 0.717) is 0 Å². The third-order valence-electron chi connectivity index (χ3n) is 3.24. The van der Waals surface area contributed by atoms with Crippen LogP contribution in [-0.2, 0) is 4.79 Å². The highest BCUT2D eigenvalue weighted by Gasteiger charge is 2.15. The average molecular weight is 256 g/mol. The van der Waals surface area contributed by atoms with E-state index in [0.717, 1.165) is 16.7 Å². The molecule has 0 saturated heterocycles. The first kappa shape index (κ1) is 13.3. The van der Waals surface area contributed by atoms with Crippen molar-refractivity contribution >= 4 is 5.97 Å². The number of rotatable bonds is 4. The maximum absolute atomic E-state index is 10.9. The van der Waals surface area contributed by atoms with Crippen LogP contribution in [0.25, 0.3) is 0 Å². The summed E-state index contributed by atoms with van der Waals surface area (Å²) < 4.78 is 0. The zero-order valence-electron chi connectivity index (χ0n) is 10.7. The van der Waals surface area contributed by atoms with E-state index < -0.39 is 18.0 Å². The van der Waals surface area contributed by atoms with E-state index in [2.05, 4.69) is 0 Å². The predicted molar refractivity (Wildman–Crippen MR) is 73.0 cm³/mol. The van der Waals surface area contributed by atoms with Crippen LogP contribution >= 0.6 is 0 Å². The molecule has 0 aliphatic heterocycles. The third-order valence-corrected chi connectivity index (χ3v) is 3.24. The van der Waals surface area contributed by atoms with Gasteiger partial charge in [0.15, 0.2) is 0 Å². The lowest BCUT2D eigenvalue weighted by molar-refractivity contribution is -0.138. The number of carboxylic acid groups (broad SMARTS) is 1. The Kier molecular flexibility index (Phi) is 3.97. The summed E-state index contributed by atoms with van der Waals surface area (Å²) in [5.74, 6) is -1.39. The number of hydrogen-bond acceptors (Lipinski definition) is 2. The maximum atomic E-state index is 10.9. The first-order chi connectivity index (χ1) is 9.09. The molecule has 0 aromatic heterocycles. The molecular weight excluding hydrogens is 240 g/mol. The predicted octanol–water partition coefficient (Wildman–Crippen LogP) is 2.96. The summed E-state index contributed by atoms with van der Waals surface area (Å²) in [6.45, 7) is 1.64. The van der Waals surface area contributed by atoms with Gasteiger partial charge in [0.2, 0.25) is 0 Å². The Bertz CT molecular complexity index is 546. The molecule has 0 bridgehead atoms. The van der Waals surface area contributed by atoms with E-state index in [-0.39, 0.29) is 0 Å². The van der Waals surface area contributed by atoms with E-state index in [1.165, 1.54) is 0 Å². The lowest BCUT2D eigenvalue weighted by Gasteiger charge is -2.13. The second kappa shape index (κ2) is 5.67. The molecule has 98 valence electrons. The molecule has 0 fully saturated rings. The largest absolute Gasteiger partial charge is 0.481 e. The SMILES string of the molecule is CC(C(=O)O)c1ccc(C(O)c2ccccc2)cc1. The molecule has 3 heteroatoms. The van der Waals surface area contributed by atoms with Crippen molar-refractivity contribution in [3.63, 3.8) is 0 Å². The summed E-state index contributed by atoms with van der Waals surface area (Å²) in [5, 5.41) is 19.2. The summed E-state index contributed by atoms with van der Waals surface area (Å²) in [5.41, 5.74) is 2.31. The van der Waals surface area contributed by atoms with Crippen molar-refractivity contribution in [1.82, 2.24) is 0 Å². The molecule has 0 radical (unpaired) electrons. The normalized spacial score (nSPS) is 13.8. The van der Waals surface area contributed by atoms with E-state index in [9.17, 15) is 9.90 Å². The van der Waals surface area contributed by atoms with Crippen molar-refractivity contribution in [3.05, 3.63) is 71.3 Å². The number of aliphatic hydroxyl groups excluding tert-OH is 1. The number of benzene rings is 2. The fourth-order valence-corrected chi connectivity index (χ4v) is 1.94. The lowest BCUT2D eigenvalue weighted by atomic mass is 9.96. The minimum atomic E-state index is -0.851. The van der Waals surface area contributed by atoms with E-state index >= 15 is 0 Å². The van der Waals surface area contributed by atoms with E-state index in [1.54, 1.807) is 31.2 Å². The summed E-state index contributed by atoms with van der Waals surface area (Å²) >= 11 is 0. The molecule has 2 atom stereocenters. The van der Waals surface area contributed by atoms with Crippen LogP contribution in [0.5, 0.6) is 0 Å². The van der Waals surface area contributed by atoms with Crippen LogP contribution in [0.15, 0.2) is 54.6 Å². The molecule has 0 spiro atoms. The third kappa shape index (κ3) is 3.01. The quantitative estimate of drug-likeness (QED) is 0.884. The molecule has 2 aromatic carbocycles. The molecule has 0 heterocycles. The lowest BCUT2D eigenvalue weighted by Crippen LogP contribution is -2.07. The fraction of sp³-hybridized carbons (Fsp3) is 0.188. The molecule has 2 rings (SSSR count). The second-order valence-corrected chi connectivity index (χ2v) is 4.54. The molecule has 0 saturated carbocycles. The Morgan fingerprint density at radius 1 is 0.895 bits per heavy atom. The van der Waals surface area contributed by atoms with Crippen LogP contribution in [0.3, 0.4) is 0 Å². The van der Waals surface area contributed by atoms with Gasteiger partial charge in [-0.3, -0.25) is 4.79 Å². The van der Waals surface area contributed by atoms with Gasteiger partial charge in [-0.25, -0.2) is 0 Å². The van der Waals surface area contributed by atoms with Gasteiger partial charge in [0.25, 0.3) is 0 Å². The van der Waals surface area contributed by atoms with Crippen molar-refractivity contribution in [2.45, 2.75) is 18.9 Å². The van der Waals surface area contributed by atoms with Gasteiger partial charge < -0.3 is 10.2 Å². The van der Waals surface area contributed by atoms with E-state index in [1.807, 2.05) is 30.3 Å². The highest BCUT2D eigenvalue weighted by Crippen LogP contribution is 2.24. The highest BCUT2D eigenvalue weighted by atomic mass is 16.4. The number of aliphatic hydroxyl groups is 1. The maximum Gasteiger partial charge on any atom is 0.310 e. The van der Waals surface area contributed by atoms with Gasteiger partial charge in [0.1, 0.15) is 6.10 Å². The summed E-state index contributed by atoms with van der Waals surface area (Å²) in [7, 11) is 0. The molecule has 0 amide bonds. The highest BCUT2D eigenvalue weighted by molar-refractivity contribution is 5.75. The first-order valence-corrected chi connectivity index (χ1v) is 6.15. The van der Waals surface area contributed by atoms with Crippen LogP contribution in [-0.4, -0.2) is 16.2 Å². The molecule has 3 nitrogen and oxygen atoms in total. The van der Waals surface area contributed by atoms with Gasteiger partial charge in [-0.05, 0) is 23.6 Å². The molecule has 2 aromatic rings. The Labute approximate surface area is 112 Å². The van der Waals surface area contributed by atoms with Crippen molar-refractivity contribution in [2.24, 2.45) is 0 Å². The van der Waals surface area contributed by atoms with Crippen LogP contribution in [0.2, 0.25) is 0 Å². The standard InChI is InChI=1S/C16H16O3/c1-11(16(18)19)12-7-9-14(10-8-12)15(17)13-5-3-2-4-6-13/h2-11,15,17H,1H3,(H,18,19). The van der Waals surface area contributed by atoms with Crippen molar-refractivity contribution < 1.29 is 15.0 Å². The Morgan fingerprint density at radius 2 is 1.37 bits per heavy atom. The molecule has 2 unspecified atom stereocenters. The average Bonchev–Trinajstić information content (AvgIpc) is 2.46. The smallest absolute Gasteiger partial charge is 0.310 e. The Hall–Kier alpha value is -2.13. The monoisotopic (exact) mass is 256 g/mol. The molecule has 2 N–H and O–H groups in total. The number of carboxylic acids is 1. The van der Waals surface area contributed by atoms with Gasteiger partial charge in [0.05, 0.1) is 5.92 Å². The van der Waals surface area contributed by atoms with Crippen LogP contribution in [0.4, 0.5) is 0 Å². The van der Waals surface area contributed by atoms with Crippen molar-refractivity contribution in [1.29, 1.82) is 0 Å². The van der Waals surface area contributed by atoms with Crippen molar-refractivity contribution in [3.8, 4) is 0 Å². The van der Waals surface area contributed by atoms with Gasteiger partial charge in [-0.2, -0.15) is 0 Å². The fourth-order valence-electron chi connectivity index (χ4n) is 1.94. The molecule has 0 aliphatic rings. The molecular formula is C16H16O3. The minimum Gasteiger partial charge on any atom is -0.481 e. The van der Waals surface area contributed by atoms with Crippen LogP contribution in [0.1, 0.15) is 35.6 Å². The zero-order chi connectivity index (χ0) is 13.8. The van der Waals surface area contributed by atoms with Crippen LogP contribution in [0, 0.1) is 0 Å². The van der Waals surface area contributed by atoms with Crippen LogP contribution < -0.4 is 0 Å². The molecule has 19 heavy (non-hydrogen) atoms. The number of carbonyl (C=O) groups is 1. The molecule has 0 aliphatic carbocycles. The minimum absolute atomic E-state index is 0.539. The Balaban J connectivity index is 2.21. The van der Waals surface area contributed by atoms with Gasteiger partial charge in [0, 0.05) is 0 Å². The van der Waals surface area contributed by atoms with E-state index in [4.69, 9.17) is 5.11 Å². The van der Waals surface area contributed by atoms with Gasteiger partial charge in [-0.15, -0.1) is 0 Å². The summed E-state index contributed by atoms with van der Waals surface area (Å²) in [4.78, 5) is 10.9. The summed E-state index contributed by atoms with van der Waals surface area (Å²) in [6.07, 6.45) is -0.685. The zero-order valence-corrected chi connectivity index (χ0v) is 10.7.